The van der Waals surface area contributed by atoms with Gasteiger partial charge in [-0.2, -0.15) is 0 Å². The number of benzene rings is 2. The van der Waals surface area contributed by atoms with Crippen molar-refractivity contribution in [2.24, 2.45) is 0 Å². The molecule has 1 aliphatic carbocycles. The highest BCUT2D eigenvalue weighted by atomic mass is 32.2. The Kier molecular flexibility index (Phi) is 4.85. The summed E-state index contributed by atoms with van der Waals surface area (Å²) in [6.07, 6.45) is 4.16. The van der Waals surface area contributed by atoms with Crippen molar-refractivity contribution in [1.29, 1.82) is 0 Å². The van der Waals surface area contributed by atoms with E-state index >= 15 is 0 Å². The Morgan fingerprint density at radius 3 is 2.75 bits per heavy atom. The van der Waals surface area contributed by atoms with E-state index in [2.05, 4.69) is 10.6 Å². The molecule has 4 rings (SSSR count). The molecule has 0 radical (unpaired) electrons. The lowest BCUT2D eigenvalue weighted by Crippen LogP contribution is -2.47. The molecule has 2 aliphatic rings. The van der Waals surface area contributed by atoms with Gasteiger partial charge in [0.25, 0.3) is 5.91 Å². The number of urea groups is 1. The number of imide groups is 1. The van der Waals surface area contributed by atoms with E-state index < -0.39 is 17.5 Å². The summed E-state index contributed by atoms with van der Waals surface area (Å²) < 4.78 is 0. The molecule has 2 aromatic rings. The number of para-hydroxylation sites is 1. The van der Waals surface area contributed by atoms with Crippen LogP contribution in [0.5, 0.6) is 0 Å². The topological polar surface area (TPSA) is 78.5 Å². The highest BCUT2D eigenvalue weighted by Gasteiger charge is 2.54. The van der Waals surface area contributed by atoms with Gasteiger partial charge in [0.2, 0.25) is 5.91 Å². The normalized spacial score (nSPS) is 20.8. The summed E-state index contributed by atoms with van der Waals surface area (Å²) >= 11 is 1.52. The summed E-state index contributed by atoms with van der Waals surface area (Å²) in [4.78, 5) is 40.3. The largest absolute Gasteiger partial charge is 0.325 e. The Hall–Kier alpha value is -2.80. The van der Waals surface area contributed by atoms with Gasteiger partial charge in [-0.15, -0.1) is 11.8 Å². The van der Waals surface area contributed by atoms with Crippen LogP contribution in [0.15, 0.2) is 53.4 Å². The first-order chi connectivity index (χ1) is 13.5. The first-order valence-corrected chi connectivity index (χ1v) is 10.4. The Morgan fingerprint density at radius 2 is 1.93 bits per heavy atom. The van der Waals surface area contributed by atoms with Crippen LogP contribution in [0.25, 0.3) is 0 Å². The predicted octanol–water partition coefficient (Wildman–Crippen LogP) is 3.13. The fraction of sp³-hybridized carbons (Fsp3) is 0.286. The summed E-state index contributed by atoms with van der Waals surface area (Å²) in [5.41, 5.74) is 1.53. The summed E-state index contributed by atoms with van der Waals surface area (Å²) in [7, 11) is 0. The number of fused-ring (bicyclic) bond motifs is 2. The summed E-state index contributed by atoms with van der Waals surface area (Å²) in [6, 6.07) is 14.6. The van der Waals surface area contributed by atoms with Gasteiger partial charge >= 0.3 is 6.03 Å². The van der Waals surface area contributed by atoms with E-state index in [0.29, 0.717) is 12.1 Å². The highest BCUT2D eigenvalue weighted by molar-refractivity contribution is 7.98. The Balaban J connectivity index is 1.55. The van der Waals surface area contributed by atoms with E-state index in [-0.39, 0.29) is 12.5 Å². The second kappa shape index (κ2) is 7.31. The molecule has 7 heteroatoms. The van der Waals surface area contributed by atoms with Crippen LogP contribution in [0.3, 0.4) is 0 Å². The fourth-order valence-electron chi connectivity index (χ4n) is 4.04. The maximum atomic E-state index is 13.2. The number of nitrogens with one attached hydrogen (secondary N) is 2. The minimum Gasteiger partial charge on any atom is -0.324 e. The zero-order valence-corrected chi connectivity index (χ0v) is 16.3. The molecular formula is C21H21N3O3S. The van der Waals surface area contributed by atoms with Gasteiger partial charge in [-0.05, 0) is 48.8 Å². The quantitative estimate of drug-likeness (QED) is 0.616. The number of carbonyl (C=O) groups is 3. The number of thioether (sulfide) groups is 1. The summed E-state index contributed by atoms with van der Waals surface area (Å²) in [6.45, 7) is -0.308. The summed E-state index contributed by atoms with van der Waals surface area (Å²) in [5, 5.41) is 5.68. The summed E-state index contributed by atoms with van der Waals surface area (Å²) in [5.74, 6) is -0.746. The molecule has 1 aliphatic heterocycles. The average Bonchev–Trinajstić information content (AvgIpc) is 2.93. The molecule has 2 aromatic carbocycles. The molecule has 1 saturated heterocycles. The zero-order chi connectivity index (χ0) is 19.7. The molecule has 1 spiro atoms. The molecule has 2 N–H and O–H groups in total. The Bertz CT molecular complexity index is 961. The van der Waals surface area contributed by atoms with Crippen LogP contribution in [0, 0.1) is 0 Å². The maximum absolute atomic E-state index is 13.2. The van der Waals surface area contributed by atoms with E-state index in [1.807, 2.05) is 48.7 Å². The van der Waals surface area contributed by atoms with Crippen molar-refractivity contribution in [2.45, 2.75) is 29.7 Å². The van der Waals surface area contributed by atoms with Crippen molar-refractivity contribution in [1.82, 2.24) is 10.2 Å². The first-order valence-electron chi connectivity index (χ1n) is 9.20. The molecule has 144 valence electrons. The SMILES string of the molecule is CSc1ccccc1NC(=O)CN1C(=O)N[C@]2(CCCc3ccccc32)C1=O. The minimum atomic E-state index is -1.05. The molecule has 0 bridgehead atoms. The van der Waals surface area contributed by atoms with Gasteiger partial charge in [-0.3, -0.25) is 14.5 Å². The maximum Gasteiger partial charge on any atom is 0.325 e. The van der Waals surface area contributed by atoms with Crippen molar-refractivity contribution in [3.8, 4) is 0 Å². The van der Waals surface area contributed by atoms with E-state index in [4.69, 9.17) is 0 Å². The molecule has 1 fully saturated rings. The molecule has 4 amide bonds. The van der Waals surface area contributed by atoms with Gasteiger partial charge in [0.1, 0.15) is 12.1 Å². The van der Waals surface area contributed by atoms with Crippen molar-refractivity contribution in [3.05, 3.63) is 59.7 Å². The zero-order valence-electron chi connectivity index (χ0n) is 15.5. The van der Waals surface area contributed by atoms with Crippen molar-refractivity contribution in [2.75, 3.05) is 18.1 Å². The van der Waals surface area contributed by atoms with Gasteiger partial charge in [0, 0.05) is 4.90 Å². The molecular weight excluding hydrogens is 374 g/mol. The molecule has 1 atom stereocenters. The molecule has 28 heavy (non-hydrogen) atoms. The van der Waals surface area contributed by atoms with Crippen LogP contribution in [-0.4, -0.2) is 35.5 Å². The van der Waals surface area contributed by atoms with Crippen LogP contribution < -0.4 is 10.6 Å². The van der Waals surface area contributed by atoms with Crippen LogP contribution in [0.2, 0.25) is 0 Å². The minimum absolute atomic E-state index is 0.308. The first kappa shape index (κ1) is 18.6. The van der Waals surface area contributed by atoms with E-state index in [0.717, 1.165) is 33.8 Å². The lowest BCUT2D eigenvalue weighted by molar-refractivity contribution is -0.134. The number of hydrogen-bond donors (Lipinski definition) is 2. The van der Waals surface area contributed by atoms with Crippen LogP contribution in [0.4, 0.5) is 10.5 Å². The highest BCUT2D eigenvalue weighted by Crippen LogP contribution is 2.39. The lowest BCUT2D eigenvalue weighted by atomic mass is 9.76. The monoisotopic (exact) mass is 395 g/mol. The van der Waals surface area contributed by atoms with Crippen molar-refractivity contribution in [3.63, 3.8) is 0 Å². The number of nitrogens with zero attached hydrogens (tertiary/aromatic N) is 1. The van der Waals surface area contributed by atoms with Crippen LogP contribution in [0.1, 0.15) is 24.0 Å². The van der Waals surface area contributed by atoms with Crippen molar-refractivity contribution < 1.29 is 14.4 Å². The van der Waals surface area contributed by atoms with E-state index in [1.54, 1.807) is 6.07 Å². The van der Waals surface area contributed by atoms with Crippen LogP contribution in [-0.2, 0) is 21.5 Å². The van der Waals surface area contributed by atoms with Gasteiger partial charge in [0.05, 0.1) is 5.69 Å². The van der Waals surface area contributed by atoms with E-state index in [9.17, 15) is 14.4 Å². The second-order valence-electron chi connectivity index (χ2n) is 6.99. The van der Waals surface area contributed by atoms with E-state index in [1.165, 1.54) is 11.8 Å². The molecule has 6 nitrogen and oxygen atoms in total. The molecule has 1 heterocycles. The number of carbonyl (C=O) groups excluding carboxylic acids is 3. The third-order valence-corrected chi connectivity index (χ3v) is 6.13. The van der Waals surface area contributed by atoms with Gasteiger partial charge in [0.15, 0.2) is 0 Å². The second-order valence-corrected chi connectivity index (χ2v) is 7.83. The van der Waals surface area contributed by atoms with Crippen LogP contribution >= 0.6 is 11.8 Å². The third kappa shape index (κ3) is 3.05. The van der Waals surface area contributed by atoms with Gasteiger partial charge in [-0.1, -0.05) is 36.4 Å². The Morgan fingerprint density at radius 1 is 1.18 bits per heavy atom. The van der Waals surface area contributed by atoms with Crippen molar-refractivity contribution >= 4 is 35.3 Å². The lowest BCUT2D eigenvalue weighted by Gasteiger charge is -2.33. The number of amides is 4. The number of hydrogen-bond acceptors (Lipinski definition) is 4. The third-order valence-electron chi connectivity index (χ3n) is 5.33. The number of aryl methyl sites for hydroxylation is 1. The standard InChI is InChI=1S/C21H21N3O3S/c1-28-17-11-5-4-10-16(17)22-18(25)13-24-19(26)21(23-20(24)27)12-6-8-14-7-2-3-9-15(14)21/h2-5,7,9-11H,6,8,12-13H2,1H3,(H,22,25)(H,23,27)/t21-/m0/s1. The number of anilines is 1. The number of rotatable bonds is 4. The predicted molar refractivity (Wildman–Crippen MR) is 108 cm³/mol. The molecule has 0 saturated carbocycles. The fourth-order valence-corrected chi connectivity index (χ4v) is 4.59. The Labute approximate surface area is 167 Å². The molecule has 0 unspecified atom stereocenters. The average molecular weight is 395 g/mol. The van der Waals surface area contributed by atoms with Gasteiger partial charge in [-0.25, -0.2) is 4.79 Å². The smallest absolute Gasteiger partial charge is 0.324 e. The van der Waals surface area contributed by atoms with Gasteiger partial charge < -0.3 is 10.6 Å². The molecule has 0 aromatic heterocycles.